The molecule has 2 heteroatoms. The van der Waals surface area contributed by atoms with Gasteiger partial charge in [0.25, 0.3) is 5.69 Å². The third-order valence-corrected chi connectivity index (χ3v) is 7.25. The first-order chi connectivity index (χ1) is 18.5. The molecule has 0 bridgehead atoms. The average molecular weight is 493 g/mol. The van der Waals surface area contributed by atoms with Crippen molar-refractivity contribution in [1.29, 1.82) is 0 Å². The number of benzene rings is 5. The van der Waals surface area contributed by atoms with Crippen molar-refractivity contribution in [1.82, 2.24) is 0 Å². The van der Waals surface area contributed by atoms with Crippen molar-refractivity contribution in [3.8, 4) is 45.1 Å². The zero-order valence-electron chi connectivity index (χ0n) is 21.9. The summed E-state index contributed by atoms with van der Waals surface area (Å²) in [5, 5.41) is 13.5. The molecule has 2 nitrogen and oxygen atoms in total. The molecule has 0 spiro atoms. The van der Waals surface area contributed by atoms with Gasteiger partial charge in [-0.05, 0) is 73.7 Å². The van der Waals surface area contributed by atoms with Crippen LogP contribution in [-0.2, 0) is 0 Å². The molecule has 0 saturated heterocycles. The zero-order chi connectivity index (χ0) is 26.2. The molecule has 0 amide bonds. The fourth-order valence-corrected chi connectivity index (χ4v) is 5.10. The van der Waals surface area contributed by atoms with Crippen LogP contribution in [0.5, 0.6) is 5.75 Å². The summed E-state index contributed by atoms with van der Waals surface area (Å²) in [5.41, 5.74) is 10.9. The molecule has 0 aliphatic rings. The van der Waals surface area contributed by atoms with E-state index in [1.807, 2.05) is 18.2 Å². The van der Waals surface area contributed by atoms with E-state index < -0.39 is 0 Å². The molecule has 0 radical (unpaired) electrons. The number of rotatable bonds is 4. The van der Waals surface area contributed by atoms with Crippen molar-refractivity contribution >= 4 is 10.8 Å². The number of hydrogen-bond acceptors (Lipinski definition) is 1. The van der Waals surface area contributed by atoms with E-state index in [9.17, 15) is 5.11 Å². The number of phenolic OH excluding ortho intramolecular Hbond substituents is 1. The van der Waals surface area contributed by atoms with Crippen LogP contribution in [-0.4, -0.2) is 5.11 Å². The van der Waals surface area contributed by atoms with Gasteiger partial charge >= 0.3 is 0 Å². The maximum atomic E-state index is 11.4. The molecule has 0 fully saturated rings. The van der Waals surface area contributed by atoms with Crippen molar-refractivity contribution in [2.75, 3.05) is 0 Å². The highest BCUT2D eigenvalue weighted by atomic mass is 16.3. The Morgan fingerprint density at radius 1 is 0.474 bits per heavy atom. The molecule has 0 saturated carbocycles. The smallest absolute Gasteiger partial charge is 0.261 e. The molecule has 1 N–H and O–H groups in total. The Morgan fingerprint density at radius 3 is 1.47 bits per heavy atom. The molecule has 38 heavy (non-hydrogen) atoms. The van der Waals surface area contributed by atoms with Gasteiger partial charge in [-0.15, -0.1) is 4.57 Å². The van der Waals surface area contributed by atoms with E-state index in [1.165, 1.54) is 16.7 Å². The van der Waals surface area contributed by atoms with E-state index >= 15 is 0 Å². The monoisotopic (exact) mass is 492 g/mol. The van der Waals surface area contributed by atoms with Crippen molar-refractivity contribution in [3.05, 3.63) is 138 Å². The minimum absolute atomic E-state index is 0.249. The first-order valence-corrected chi connectivity index (χ1v) is 13.0. The van der Waals surface area contributed by atoms with Gasteiger partial charge in [-0.2, -0.15) is 0 Å². The van der Waals surface area contributed by atoms with E-state index in [4.69, 9.17) is 0 Å². The van der Waals surface area contributed by atoms with Gasteiger partial charge in [0.15, 0.2) is 5.75 Å². The van der Waals surface area contributed by atoms with Gasteiger partial charge < -0.3 is 5.11 Å². The Kier molecular flexibility index (Phi) is 6.01. The van der Waals surface area contributed by atoms with E-state index in [0.29, 0.717) is 0 Å². The van der Waals surface area contributed by atoms with Gasteiger partial charge in [0.2, 0.25) is 11.4 Å². The van der Waals surface area contributed by atoms with Crippen LogP contribution in [0.3, 0.4) is 0 Å². The number of phenols is 1. The van der Waals surface area contributed by atoms with Crippen molar-refractivity contribution in [2.45, 2.75) is 20.8 Å². The lowest BCUT2D eigenvalue weighted by atomic mass is 9.96. The summed E-state index contributed by atoms with van der Waals surface area (Å²) in [6.45, 7) is 6.32. The van der Waals surface area contributed by atoms with Crippen molar-refractivity contribution < 1.29 is 9.67 Å². The van der Waals surface area contributed by atoms with Gasteiger partial charge in [-0.1, -0.05) is 89.5 Å². The highest BCUT2D eigenvalue weighted by molar-refractivity contribution is 5.91. The minimum Gasteiger partial charge on any atom is -0.502 e. The first kappa shape index (κ1) is 23.7. The van der Waals surface area contributed by atoms with Gasteiger partial charge in [0.05, 0.1) is 5.39 Å². The SMILES string of the molecule is Cc1ccc(-c2cc(-c3ccc(C)cc3)[n+](-c3c(O)ccc4ccccc34)c(-c3ccc(C)cc3)c2)cc1. The fraction of sp³-hybridized carbons (Fsp3) is 0.0833. The van der Waals surface area contributed by atoms with Crippen LogP contribution in [0.4, 0.5) is 0 Å². The molecule has 1 aromatic heterocycles. The second-order valence-corrected chi connectivity index (χ2v) is 10.1. The van der Waals surface area contributed by atoms with Crippen LogP contribution in [0.2, 0.25) is 0 Å². The van der Waals surface area contributed by atoms with Crippen LogP contribution in [0.1, 0.15) is 16.7 Å². The summed E-state index contributed by atoms with van der Waals surface area (Å²) in [5.74, 6) is 0.249. The molecule has 0 atom stereocenters. The van der Waals surface area contributed by atoms with Crippen LogP contribution in [0.15, 0.2) is 121 Å². The van der Waals surface area contributed by atoms with Gasteiger partial charge in [0, 0.05) is 23.3 Å². The Bertz CT molecular complexity index is 1700. The standard InChI is InChI=1S/C36H29NO/c1-24-8-14-27(15-9-24)31-22-33(29-16-10-25(2)11-17-29)37(34(23-31)30-18-12-26(3)13-19-30)36-32-7-5-4-6-28(32)20-21-35(36)38/h4-23H,1-3H3/p+1. The topological polar surface area (TPSA) is 24.1 Å². The third-order valence-electron chi connectivity index (χ3n) is 7.25. The van der Waals surface area contributed by atoms with Gasteiger partial charge in [-0.25, -0.2) is 0 Å². The molecule has 0 aliphatic carbocycles. The highest BCUT2D eigenvalue weighted by Gasteiger charge is 2.29. The molecular weight excluding hydrogens is 462 g/mol. The van der Waals surface area contributed by atoms with E-state index in [2.05, 4.69) is 122 Å². The van der Waals surface area contributed by atoms with Crippen molar-refractivity contribution in [2.24, 2.45) is 0 Å². The van der Waals surface area contributed by atoms with E-state index in [-0.39, 0.29) is 5.75 Å². The lowest BCUT2D eigenvalue weighted by Crippen LogP contribution is -2.37. The zero-order valence-corrected chi connectivity index (χ0v) is 21.9. The molecule has 0 aliphatic heterocycles. The molecule has 184 valence electrons. The van der Waals surface area contributed by atoms with Crippen LogP contribution in [0, 0.1) is 20.8 Å². The molecule has 6 rings (SSSR count). The third kappa shape index (κ3) is 4.35. The second-order valence-electron chi connectivity index (χ2n) is 10.1. The fourth-order valence-electron chi connectivity index (χ4n) is 5.10. The lowest BCUT2D eigenvalue weighted by Gasteiger charge is -2.15. The molecule has 0 unspecified atom stereocenters. The molecule has 6 aromatic rings. The number of nitrogens with zero attached hydrogens (tertiary/aromatic N) is 1. The normalized spacial score (nSPS) is 11.1. The number of aromatic hydroxyl groups is 1. The number of aryl methyl sites for hydroxylation is 3. The minimum atomic E-state index is 0.249. The van der Waals surface area contributed by atoms with Crippen LogP contribution >= 0.6 is 0 Å². The summed E-state index contributed by atoms with van der Waals surface area (Å²) in [6, 6.07) is 42.5. The molecular formula is C36H30NO+. The van der Waals surface area contributed by atoms with E-state index in [1.54, 1.807) is 6.07 Å². The van der Waals surface area contributed by atoms with Gasteiger partial charge in [0.1, 0.15) is 0 Å². The summed E-state index contributed by atoms with van der Waals surface area (Å²) in [4.78, 5) is 0. The maximum Gasteiger partial charge on any atom is 0.261 e. The first-order valence-electron chi connectivity index (χ1n) is 13.0. The Hall–Kier alpha value is -4.69. The van der Waals surface area contributed by atoms with Crippen LogP contribution in [0.25, 0.3) is 50.1 Å². The van der Waals surface area contributed by atoms with E-state index in [0.717, 1.165) is 50.1 Å². The van der Waals surface area contributed by atoms with Crippen LogP contribution < -0.4 is 4.57 Å². The number of fused-ring (bicyclic) bond motifs is 1. The largest absolute Gasteiger partial charge is 0.502 e. The average Bonchev–Trinajstić information content (AvgIpc) is 2.94. The number of aromatic nitrogens is 1. The Balaban J connectivity index is 1.77. The Morgan fingerprint density at radius 2 is 0.947 bits per heavy atom. The summed E-state index contributed by atoms with van der Waals surface area (Å²) in [7, 11) is 0. The van der Waals surface area contributed by atoms with Gasteiger partial charge in [-0.3, -0.25) is 0 Å². The predicted molar refractivity (Wildman–Crippen MR) is 158 cm³/mol. The highest BCUT2D eigenvalue weighted by Crippen LogP contribution is 2.35. The second kappa shape index (κ2) is 9.64. The number of hydrogen-bond donors (Lipinski definition) is 1. The molecule has 5 aromatic carbocycles. The molecule has 1 heterocycles. The quantitative estimate of drug-likeness (QED) is 0.244. The summed E-state index contributed by atoms with van der Waals surface area (Å²) in [6.07, 6.45) is 0. The Labute approximate surface area is 224 Å². The predicted octanol–water partition coefficient (Wildman–Crippen LogP) is 8.75. The summed E-state index contributed by atoms with van der Waals surface area (Å²) < 4.78 is 2.23. The maximum absolute atomic E-state index is 11.4. The summed E-state index contributed by atoms with van der Waals surface area (Å²) >= 11 is 0. The number of pyridine rings is 1. The van der Waals surface area contributed by atoms with Crippen molar-refractivity contribution in [3.63, 3.8) is 0 Å². The lowest BCUT2D eigenvalue weighted by molar-refractivity contribution is -0.570.